The lowest BCUT2D eigenvalue weighted by Gasteiger charge is -2.18. The third kappa shape index (κ3) is 5.01. The van der Waals surface area contributed by atoms with Crippen LogP contribution in [-0.2, 0) is 16.1 Å². The van der Waals surface area contributed by atoms with Crippen molar-refractivity contribution in [1.82, 2.24) is 0 Å². The highest BCUT2D eigenvalue weighted by Crippen LogP contribution is 2.37. The summed E-state index contributed by atoms with van der Waals surface area (Å²) < 4.78 is 21.1. The molecule has 1 atom stereocenters. The molecule has 0 bridgehead atoms. The summed E-state index contributed by atoms with van der Waals surface area (Å²) in [7, 11) is 4.32. The minimum absolute atomic E-state index is 0. The zero-order valence-electron chi connectivity index (χ0n) is 14.4. The number of hydrogen-bond acceptors (Lipinski definition) is 6. The molecule has 0 aliphatic rings. The van der Waals surface area contributed by atoms with Gasteiger partial charge in [-0.3, -0.25) is 4.79 Å². The van der Waals surface area contributed by atoms with Gasteiger partial charge < -0.3 is 24.7 Å². The highest BCUT2D eigenvalue weighted by molar-refractivity contribution is 5.85. The lowest BCUT2D eigenvalue weighted by atomic mass is 10.1. The van der Waals surface area contributed by atoms with Crippen molar-refractivity contribution in [1.29, 1.82) is 0 Å². The van der Waals surface area contributed by atoms with Gasteiger partial charge in [-0.15, -0.1) is 12.4 Å². The molecule has 6 nitrogen and oxygen atoms in total. The first-order valence-electron chi connectivity index (χ1n) is 7.36. The first-order valence-corrected chi connectivity index (χ1v) is 7.36. The Kier molecular flexibility index (Phi) is 8.04. The van der Waals surface area contributed by atoms with Crippen molar-refractivity contribution in [2.75, 3.05) is 21.3 Å². The molecule has 25 heavy (non-hydrogen) atoms. The molecule has 0 aliphatic heterocycles. The van der Waals surface area contributed by atoms with E-state index in [0.29, 0.717) is 29.4 Å². The monoisotopic (exact) mass is 367 g/mol. The summed E-state index contributed by atoms with van der Waals surface area (Å²) in [6.45, 7) is 0.331. The van der Waals surface area contributed by atoms with Crippen molar-refractivity contribution in [3.8, 4) is 17.2 Å². The van der Waals surface area contributed by atoms with Gasteiger partial charge in [0, 0.05) is 11.6 Å². The number of esters is 1. The maximum absolute atomic E-state index is 11.8. The fourth-order valence-electron chi connectivity index (χ4n) is 2.23. The number of ether oxygens (including phenoxy) is 4. The molecule has 0 saturated carbocycles. The number of carbonyl (C=O) groups excluding carboxylic acids is 1. The molecule has 2 aromatic rings. The molecule has 0 heterocycles. The van der Waals surface area contributed by atoms with Gasteiger partial charge in [0.05, 0.1) is 21.3 Å². The molecule has 2 N–H and O–H groups in total. The predicted molar refractivity (Wildman–Crippen MR) is 96.5 cm³/mol. The van der Waals surface area contributed by atoms with Crippen molar-refractivity contribution >= 4 is 18.4 Å². The van der Waals surface area contributed by atoms with Crippen LogP contribution in [0.15, 0.2) is 42.5 Å². The molecule has 0 aliphatic carbocycles. The topological polar surface area (TPSA) is 80.0 Å². The average molecular weight is 368 g/mol. The van der Waals surface area contributed by atoms with E-state index in [1.165, 1.54) is 21.3 Å². The maximum Gasteiger partial charge on any atom is 0.327 e. The molecular formula is C18H22ClNO5. The number of rotatable bonds is 7. The number of nitrogens with two attached hydrogens (primary N) is 1. The second-order valence-electron chi connectivity index (χ2n) is 5.02. The van der Waals surface area contributed by atoms with Crippen molar-refractivity contribution in [3.63, 3.8) is 0 Å². The van der Waals surface area contributed by atoms with E-state index in [0.717, 1.165) is 5.56 Å². The molecule has 0 saturated heterocycles. The van der Waals surface area contributed by atoms with Crippen molar-refractivity contribution < 1.29 is 23.7 Å². The quantitative estimate of drug-likeness (QED) is 0.758. The Morgan fingerprint density at radius 1 is 1.00 bits per heavy atom. The van der Waals surface area contributed by atoms with E-state index in [2.05, 4.69) is 0 Å². The Labute approximate surface area is 153 Å². The van der Waals surface area contributed by atoms with Gasteiger partial charge in [0.1, 0.15) is 18.4 Å². The number of hydrogen-bond donors (Lipinski definition) is 1. The fourth-order valence-corrected chi connectivity index (χ4v) is 2.23. The van der Waals surface area contributed by atoms with Crippen LogP contribution in [0.4, 0.5) is 0 Å². The predicted octanol–water partition coefficient (Wildman–Crippen LogP) is 2.88. The van der Waals surface area contributed by atoms with Crippen LogP contribution >= 0.6 is 12.4 Å². The second kappa shape index (κ2) is 9.76. The summed E-state index contributed by atoms with van der Waals surface area (Å²) >= 11 is 0. The average Bonchev–Trinajstić information content (AvgIpc) is 2.65. The molecule has 0 spiro atoms. The van der Waals surface area contributed by atoms with Gasteiger partial charge in [-0.2, -0.15) is 0 Å². The molecular weight excluding hydrogens is 346 g/mol. The minimum atomic E-state index is -0.986. The summed E-state index contributed by atoms with van der Waals surface area (Å²) in [6, 6.07) is 12.0. The largest absolute Gasteiger partial charge is 0.493 e. The van der Waals surface area contributed by atoms with E-state index in [-0.39, 0.29) is 12.4 Å². The van der Waals surface area contributed by atoms with Crippen LogP contribution in [-0.4, -0.2) is 27.3 Å². The molecule has 2 rings (SSSR count). The van der Waals surface area contributed by atoms with E-state index < -0.39 is 12.0 Å². The van der Waals surface area contributed by atoms with E-state index in [1.807, 2.05) is 30.3 Å². The van der Waals surface area contributed by atoms with Gasteiger partial charge in [0.15, 0.2) is 11.5 Å². The molecule has 0 fully saturated rings. The van der Waals surface area contributed by atoms with E-state index in [1.54, 1.807) is 12.1 Å². The zero-order chi connectivity index (χ0) is 17.5. The Hall–Kier alpha value is -2.44. The number of halogens is 1. The van der Waals surface area contributed by atoms with Gasteiger partial charge in [-0.25, -0.2) is 0 Å². The molecule has 0 aromatic heterocycles. The van der Waals surface area contributed by atoms with Crippen molar-refractivity contribution in [2.45, 2.75) is 12.6 Å². The van der Waals surface area contributed by atoms with E-state index in [9.17, 15) is 4.79 Å². The van der Waals surface area contributed by atoms with Crippen LogP contribution in [0.1, 0.15) is 17.2 Å². The second-order valence-corrected chi connectivity index (χ2v) is 5.02. The first-order chi connectivity index (χ1) is 11.6. The van der Waals surface area contributed by atoms with Crippen LogP contribution in [0, 0.1) is 0 Å². The lowest BCUT2D eigenvalue weighted by Crippen LogP contribution is -2.23. The highest BCUT2D eigenvalue weighted by atomic mass is 35.5. The van der Waals surface area contributed by atoms with Gasteiger partial charge >= 0.3 is 5.97 Å². The van der Waals surface area contributed by atoms with E-state index in [4.69, 9.17) is 24.7 Å². The van der Waals surface area contributed by atoms with Crippen LogP contribution in [0.5, 0.6) is 17.2 Å². The maximum atomic E-state index is 11.8. The number of benzene rings is 2. The molecule has 0 radical (unpaired) electrons. The number of carbonyl (C=O) groups is 1. The Bertz CT molecular complexity index is 693. The summed E-state index contributed by atoms with van der Waals surface area (Å²) in [6.07, 6.45) is 0. The fraction of sp³-hybridized carbons (Fsp3) is 0.278. The van der Waals surface area contributed by atoms with Gasteiger partial charge in [-0.1, -0.05) is 30.3 Å². The van der Waals surface area contributed by atoms with E-state index >= 15 is 0 Å². The molecule has 7 heteroatoms. The lowest BCUT2D eigenvalue weighted by molar-refractivity contribution is -0.142. The Morgan fingerprint density at radius 3 is 2.16 bits per heavy atom. The summed E-state index contributed by atoms with van der Waals surface area (Å²) in [5.41, 5.74) is 7.44. The molecule has 2 aromatic carbocycles. The number of methoxy groups -OCH3 is 3. The highest BCUT2D eigenvalue weighted by Gasteiger charge is 2.23. The summed E-state index contributed by atoms with van der Waals surface area (Å²) in [5.74, 6) is 0.821. The SMILES string of the molecule is COC(=O)[C@@H](N)c1cc(OC)c(OC)cc1OCc1ccccc1.Cl. The smallest absolute Gasteiger partial charge is 0.327 e. The standard InChI is InChI=1S/C18H21NO5.ClH/c1-21-15-9-13(17(19)18(20)23-3)14(10-16(15)22-2)24-11-12-7-5-4-6-8-12;/h4-10,17H,11,19H2,1-3H3;1H/t17-;/m0./s1. The third-order valence-corrected chi connectivity index (χ3v) is 3.54. The van der Waals surface area contributed by atoms with Crippen molar-refractivity contribution in [3.05, 3.63) is 53.6 Å². The van der Waals surface area contributed by atoms with Crippen LogP contribution in [0.25, 0.3) is 0 Å². The summed E-state index contributed by atoms with van der Waals surface area (Å²) in [5, 5.41) is 0. The first kappa shape index (κ1) is 20.6. The zero-order valence-corrected chi connectivity index (χ0v) is 15.2. The Balaban J connectivity index is 0.00000312. The van der Waals surface area contributed by atoms with Gasteiger partial charge in [-0.05, 0) is 11.6 Å². The summed E-state index contributed by atoms with van der Waals surface area (Å²) in [4.78, 5) is 11.8. The van der Waals surface area contributed by atoms with Crippen molar-refractivity contribution in [2.24, 2.45) is 5.73 Å². The van der Waals surface area contributed by atoms with Crippen LogP contribution in [0.3, 0.4) is 0 Å². The molecule has 0 amide bonds. The van der Waals surface area contributed by atoms with Gasteiger partial charge in [0.25, 0.3) is 0 Å². The molecule has 0 unspecified atom stereocenters. The van der Waals surface area contributed by atoms with Crippen LogP contribution < -0.4 is 19.9 Å². The van der Waals surface area contributed by atoms with Gasteiger partial charge in [0.2, 0.25) is 0 Å². The normalized spacial score (nSPS) is 11.0. The Morgan fingerprint density at radius 2 is 1.60 bits per heavy atom. The third-order valence-electron chi connectivity index (χ3n) is 3.54. The van der Waals surface area contributed by atoms with Crippen LogP contribution in [0.2, 0.25) is 0 Å². The minimum Gasteiger partial charge on any atom is -0.493 e. The molecule has 136 valence electrons.